The second kappa shape index (κ2) is 2.37. The largest absolute Gasteiger partial charge is 0.476 e. The first kappa shape index (κ1) is 7.40. The summed E-state index contributed by atoms with van der Waals surface area (Å²) in [6, 6.07) is 0. The molecule has 2 heterocycles. The zero-order chi connectivity index (χ0) is 9.42. The number of carbonyl (C=O) groups is 1. The van der Waals surface area contributed by atoms with E-state index in [1.54, 1.807) is 0 Å². The lowest BCUT2D eigenvalue weighted by Gasteiger charge is -1.92. The monoisotopic (exact) mass is 181 g/mol. The maximum Gasteiger partial charge on any atom is 0.362 e. The molecule has 2 N–H and O–H groups in total. The van der Waals surface area contributed by atoms with E-state index in [0.717, 1.165) is 4.52 Å². The summed E-state index contributed by atoms with van der Waals surface area (Å²) in [4.78, 5) is 23.7. The molecule has 0 saturated heterocycles. The minimum absolute atomic E-state index is 0.106. The van der Waals surface area contributed by atoms with Crippen LogP contribution < -0.4 is 5.56 Å². The first-order valence-electron chi connectivity index (χ1n) is 3.22. The third kappa shape index (κ3) is 1.04. The highest BCUT2D eigenvalue weighted by Crippen LogP contribution is 1.88. The Labute approximate surface area is 69.8 Å². The van der Waals surface area contributed by atoms with E-state index in [4.69, 9.17) is 5.11 Å². The van der Waals surface area contributed by atoms with Gasteiger partial charge < -0.3 is 5.11 Å². The molecule has 0 saturated carbocycles. The Morgan fingerprint density at radius 3 is 3.08 bits per heavy atom. The number of aromatic carboxylic acids is 1. The van der Waals surface area contributed by atoms with Crippen molar-refractivity contribution in [3.63, 3.8) is 0 Å². The molecule has 0 aliphatic carbocycles. The van der Waals surface area contributed by atoms with Gasteiger partial charge >= 0.3 is 5.97 Å². The molecular formula is C5H3N5O3. The van der Waals surface area contributed by atoms with Crippen molar-refractivity contribution in [2.45, 2.75) is 0 Å². The number of nitrogens with one attached hydrogen (secondary N) is 1. The van der Waals surface area contributed by atoms with Gasteiger partial charge in [0.15, 0.2) is 0 Å². The van der Waals surface area contributed by atoms with Crippen LogP contribution in [0.25, 0.3) is 5.78 Å². The topological polar surface area (TPSA) is 113 Å². The predicted molar refractivity (Wildman–Crippen MR) is 38.4 cm³/mol. The molecular weight excluding hydrogens is 178 g/mol. The molecule has 2 aromatic rings. The van der Waals surface area contributed by atoms with Gasteiger partial charge in [0.2, 0.25) is 5.69 Å². The Morgan fingerprint density at radius 1 is 1.62 bits per heavy atom. The highest BCUT2D eigenvalue weighted by Gasteiger charge is 2.12. The van der Waals surface area contributed by atoms with E-state index in [0.29, 0.717) is 0 Å². The van der Waals surface area contributed by atoms with Crippen LogP contribution in [-0.4, -0.2) is 35.9 Å². The summed E-state index contributed by atoms with van der Waals surface area (Å²) in [6.45, 7) is 0. The number of hydrogen-bond donors (Lipinski definition) is 2. The number of fused-ring (bicyclic) bond motifs is 1. The number of H-pyrrole nitrogens is 1. The molecule has 8 heteroatoms. The Kier molecular flexibility index (Phi) is 1.35. The summed E-state index contributed by atoms with van der Waals surface area (Å²) in [5, 5.41) is 18.9. The molecule has 13 heavy (non-hydrogen) atoms. The van der Waals surface area contributed by atoms with E-state index in [1.165, 1.54) is 6.33 Å². The van der Waals surface area contributed by atoms with Gasteiger partial charge in [0.05, 0.1) is 0 Å². The smallest absolute Gasteiger partial charge is 0.362 e. The fourth-order valence-electron chi connectivity index (χ4n) is 0.839. The van der Waals surface area contributed by atoms with Gasteiger partial charge in [-0.15, -0.1) is 10.2 Å². The third-order valence-corrected chi connectivity index (χ3v) is 1.38. The van der Waals surface area contributed by atoms with Crippen LogP contribution in [0, 0.1) is 0 Å². The zero-order valence-electron chi connectivity index (χ0n) is 6.13. The number of nitrogens with zero attached hydrogens (tertiary/aromatic N) is 4. The highest BCUT2D eigenvalue weighted by atomic mass is 16.4. The third-order valence-electron chi connectivity index (χ3n) is 1.38. The average Bonchev–Trinajstić information content (AvgIpc) is 2.48. The molecule has 66 valence electrons. The standard InChI is InChI=1S/C5H3N5O3/c11-3-2(4(12)13)9-10-1-6-8-5(10)7-3/h1H,(H,12,13)(H,7,8,11). The van der Waals surface area contributed by atoms with Gasteiger partial charge in [-0.1, -0.05) is 0 Å². The van der Waals surface area contributed by atoms with E-state index in [-0.39, 0.29) is 5.78 Å². The average molecular weight is 181 g/mol. The lowest BCUT2D eigenvalue weighted by Crippen LogP contribution is -2.22. The van der Waals surface area contributed by atoms with Gasteiger partial charge in [-0.2, -0.15) is 9.61 Å². The summed E-state index contributed by atoms with van der Waals surface area (Å²) in [7, 11) is 0. The molecule has 0 aliphatic rings. The maximum absolute atomic E-state index is 11.0. The van der Waals surface area contributed by atoms with E-state index in [2.05, 4.69) is 20.3 Å². The fraction of sp³-hybridized carbons (Fsp3) is 0. The molecule has 0 radical (unpaired) electrons. The number of carboxylic acid groups (broad SMARTS) is 1. The van der Waals surface area contributed by atoms with Gasteiger partial charge in [-0.05, 0) is 0 Å². The van der Waals surface area contributed by atoms with Gasteiger partial charge in [0, 0.05) is 0 Å². The molecule has 2 rings (SSSR count). The van der Waals surface area contributed by atoms with Crippen LogP contribution in [0.15, 0.2) is 11.1 Å². The van der Waals surface area contributed by atoms with Crippen LogP contribution in [0.4, 0.5) is 0 Å². The van der Waals surface area contributed by atoms with Crippen LogP contribution in [0.2, 0.25) is 0 Å². The summed E-state index contributed by atoms with van der Waals surface area (Å²) in [5.41, 5.74) is -1.39. The minimum Gasteiger partial charge on any atom is -0.476 e. The maximum atomic E-state index is 11.0. The lowest BCUT2D eigenvalue weighted by atomic mass is 10.5. The van der Waals surface area contributed by atoms with Crippen LogP contribution in [0.5, 0.6) is 0 Å². The summed E-state index contributed by atoms with van der Waals surface area (Å²) in [5.74, 6) is -1.29. The van der Waals surface area contributed by atoms with Gasteiger partial charge in [0.25, 0.3) is 11.3 Å². The number of aromatic amines is 1. The van der Waals surface area contributed by atoms with Crippen molar-refractivity contribution in [2.24, 2.45) is 0 Å². The van der Waals surface area contributed by atoms with E-state index >= 15 is 0 Å². The second-order valence-electron chi connectivity index (χ2n) is 2.21. The normalized spacial score (nSPS) is 10.5. The molecule has 8 nitrogen and oxygen atoms in total. The van der Waals surface area contributed by atoms with Crippen LogP contribution >= 0.6 is 0 Å². The van der Waals surface area contributed by atoms with E-state index in [9.17, 15) is 9.59 Å². The fourth-order valence-corrected chi connectivity index (χ4v) is 0.839. The molecule has 0 amide bonds. The molecule has 2 aromatic heterocycles. The van der Waals surface area contributed by atoms with Crippen LogP contribution in [-0.2, 0) is 0 Å². The molecule has 0 atom stereocenters. The summed E-state index contributed by atoms with van der Waals surface area (Å²) in [6.07, 6.45) is 1.19. The molecule has 0 fully saturated rings. The summed E-state index contributed by atoms with van der Waals surface area (Å²) >= 11 is 0. The molecule has 0 aromatic carbocycles. The van der Waals surface area contributed by atoms with Gasteiger partial charge in [-0.3, -0.25) is 9.78 Å². The molecule has 0 unspecified atom stereocenters. The first-order valence-corrected chi connectivity index (χ1v) is 3.22. The second-order valence-corrected chi connectivity index (χ2v) is 2.21. The number of rotatable bonds is 1. The van der Waals surface area contributed by atoms with Crippen molar-refractivity contribution in [3.05, 3.63) is 22.4 Å². The molecule has 0 spiro atoms. The van der Waals surface area contributed by atoms with E-state index < -0.39 is 17.2 Å². The van der Waals surface area contributed by atoms with Crippen molar-refractivity contribution in [1.82, 2.24) is 24.8 Å². The van der Waals surface area contributed by atoms with Crippen molar-refractivity contribution in [3.8, 4) is 0 Å². The van der Waals surface area contributed by atoms with E-state index in [1.807, 2.05) is 0 Å². The Hall–Kier alpha value is -2.25. The number of carboxylic acids is 1. The van der Waals surface area contributed by atoms with Crippen LogP contribution in [0.1, 0.15) is 10.5 Å². The highest BCUT2D eigenvalue weighted by molar-refractivity contribution is 5.84. The van der Waals surface area contributed by atoms with Crippen molar-refractivity contribution in [2.75, 3.05) is 0 Å². The Morgan fingerprint density at radius 2 is 2.38 bits per heavy atom. The zero-order valence-corrected chi connectivity index (χ0v) is 6.13. The Bertz CT molecular complexity index is 526. The minimum atomic E-state index is -1.39. The van der Waals surface area contributed by atoms with Gasteiger partial charge in [-0.25, -0.2) is 4.79 Å². The van der Waals surface area contributed by atoms with Crippen molar-refractivity contribution < 1.29 is 9.90 Å². The van der Waals surface area contributed by atoms with Crippen LogP contribution in [0.3, 0.4) is 0 Å². The van der Waals surface area contributed by atoms with Crippen molar-refractivity contribution >= 4 is 11.7 Å². The van der Waals surface area contributed by atoms with Gasteiger partial charge in [0.1, 0.15) is 6.33 Å². The predicted octanol–water partition coefficient (Wildman–Crippen LogP) is -1.49. The number of aromatic nitrogens is 5. The molecule has 0 aliphatic heterocycles. The lowest BCUT2D eigenvalue weighted by molar-refractivity contribution is 0.0686. The summed E-state index contributed by atoms with van der Waals surface area (Å²) < 4.78 is 1.07. The Balaban J connectivity index is 2.84. The molecule has 0 bridgehead atoms. The first-order chi connectivity index (χ1) is 6.18. The SMILES string of the molecule is O=C(O)c1nn2cnnc2[nH]c1=O. The van der Waals surface area contributed by atoms with Crippen molar-refractivity contribution in [1.29, 1.82) is 0 Å². The quantitative estimate of drug-likeness (QED) is 0.554. The number of hydrogen-bond acceptors (Lipinski definition) is 5.